The van der Waals surface area contributed by atoms with Crippen molar-refractivity contribution in [2.45, 2.75) is 44.9 Å². The first-order valence-corrected chi connectivity index (χ1v) is 7.31. The number of ether oxygens (including phenoxy) is 1. The minimum atomic E-state index is -0.378. The van der Waals surface area contributed by atoms with Gasteiger partial charge in [-0.1, -0.05) is 32.0 Å². The van der Waals surface area contributed by atoms with Crippen LogP contribution in [0.15, 0.2) is 24.3 Å². The molecule has 0 heterocycles. The van der Waals surface area contributed by atoms with Crippen LogP contribution in [0.3, 0.4) is 0 Å². The first-order valence-electron chi connectivity index (χ1n) is 7.31. The van der Waals surface area contributed by atoms with Gasteiger partial charge in [0, 0.05) is 11.6 Å². The van der Waals surface area contributed by atoms with Crippen molar-refractivity contribution in [3.8, 4) is 5.75 Å². The van der Waals surface area contributed by atoms with Gasteiger partial charge in [-0.15, -0.1) is 0 Å². The lowest BCUT2D eigenvalue weighted by molar-refractivity contribution is 0.0768. The molecule has 4 heteroatoms. The monoisotopic (exact) mass is 279 g/mol. The minimum Gasteiger partial charge on any atom is -0.491 e. The highest BCUT2D eigenvalue weighted by molar-refractivity contribution is 5.32. The molecule has 1 aliphatic carbocycles. The Bertz CT molecular complexity index is 431. The molecule has 0 aromatic heterocycles. The summed E-state index contributed by atoms with van der Waals surface area (Å²) in [4.78, 5) is 0. The van der Waals surface area contributed by atoms with E-state index in [1.807, 2.05) is 24.3 Å². The lowest BCUT2D eigenvalue weighted by atomic mass is 9.94. The van der Waals surface area contributed by atoms with Crippen molar-refractivity contribution in [3.05, 3.63) is 29.8 Å². The van der Waals surface area contributed by atoms with Crippen molar-refractivity contribution >= 4 is 0 Å². The molecule has 0 amide bonds. The van der Waals surface area contributed by atoms with E-state index >= 15 is 0 Å². The maximum absolute atomic E-state index is 9.85. The van der Waals surface area contributed by atoms with Crippen LogP contribution in [0.5, 0.6) is 5.75 Å². The molecule has 1 saturated carbocycles. The molecule has 1 unspecified atom stereocenters. The van der Waals surface area contributed by atoms with Crippen molar-refractivity contribution in [2.75, 3.05) is 13.2 Å². The fraction of sp³-hybridized carbons (Fsp3) is 0.625. The summed E-state index contributed by atoms with van der Waals surface area (Å²) in [5.41, 5.74) is 0.399. The molecule has 1 aliphatic rings. The summed E-state index contributed by atoms with van der Waals surface area (Å²) in [5.74, 6) is 1.16. The van der Waals surface area contributed by atoms with Crippen molar-refractivity contribution in [1.82, 2.24) is 5.32 Å². The molecule has 0 radical (unpaired) electrons. The fourth-order valence-electron chi connectivity index (χ4n) is 2.69. The number of nitrogens with one attached hydrogen (secondary N) is 1. The van der Waals surface area contributed by atoms with Gasteiger partial charge < -0.3 is 20.3 Å². The van der Waals surface area contributed by atoms with Crippen molar-refractivity contribution in [3.63, 3.8) is 0 Å². The van der Waals surface area contributed by atoms with Crippen LogP contribution in [0.4, 0.5) is 0 Å². The van der Waals surface area contributed by atoms with E-state index in [1.165, 1.54) is 0 Å². The van der Waals surface area contributed by atoms with Crippen molar-refractivity contribution in [2.24, 2.45) is 5.92 Å². The second kappa shape index (κ2) is 6.57. The van der Waals surface area contributed by atoms with E-state index in [4.69, 9.17) is 4.74 Å². The van der Waals surface area contributed by atoms with Crippen molar-refractivity contribution in [1.29, 1.82) is 0 Å². The van der Waals surface area contributed by atoms with Gasteiger partial charge in [0.05, 0.1) is 18.8 Å². The number of rotatable bonds is 8. The van der Waals surface area contributed by atoms with Gasteiger partial charge in [0.2, 0.25) is 0 Å². The zero-order valence-electron chi connectivity index (χ0n) is 12.3. The third-order valence-electron chi connectivity index (χ3n) is 3.85. The number of aliphatic hydroxyl groups excluding tert-OH is 2. The summed E-state index contributed by atoms with van der Waals surface area (Å²) in [7, 11) is 0. The lowest BCUT2D eigenvalue weighted by Gasteiger charge is -2.35. The average molecular weight is 279 g/mol. The summed E-state index contributed by atoms with van der Waals surface area (Å²) in [5, 5.41) is 22.7. The Balaban J connectivity index is 2.08. The van der Waals surface area contributed by atoms with Crippen LogP contribution in [0, 0.1) is 5.92 Å². The number of hydrogen-bond donors (Lipinski definition) is 3. The normalized spacial score (nSPS) is 18.1. The second-order valence-electron chi connectivity index (χ2n) is 5.94. The van der Waals surface area contributed by atoms with Crippen LogP contribution in [0.2, 0.25) is 0 Å². The Morgan fingerprint density at radius 2 is 2.00 bits per heavy atom. The third kappa shape index (κ3) is 3.51. The summed E-state index contributed by atoms with van der Waals surface area (Å²) in [6, 6.07) is 7.77. The largest absolute Gasteiger partial charge is 0.491 e. The number of aliphatic hydroxyl groups is 2. The Morgan fingerprint density at radius 1 is 1.30 bits per heavy atom. The van der Waals surface area contributed by atoms with E-state index in [0.717, 1.165) is 18.4 Å². The van der Waals surface area contributed by atoms with Gasteiger partial charge in [0.1, 0.15) is 12.4 Å². The van der Waals surface area contributed by atoms with Crippen LogP contribution in [0.1, 0.15) is 32.3 Å². The molecule has 4 nitrogen and oxygen atoms in total. The molecule has 1 aromatic carbocycles. The fourth-order valence-corrected chi connectivity index (χ4v) is 2.69. The Kier molecular flexibility index (Phi) is 5.02. The summed E-state index contributed by atoms with van der Waals surface area (Å²) >= 11 is 0. The van der Waals surface area contributed by atoms with Gasteiger partial charge in [-0.05, 0) is 24.8 Å². The van der Waals surface area contributed by atoms with E-state index in [0.29, 0.717) is 24.3 Å². The molecule has 112 valence electrons. The summed E-state index contributed by atoms with van der Waals surface area (Å²) in [6.07, 6.45) is 2.26. The summed E-state index contributed by atoms with van der Waals surface area (Å²) < 4.78 is 5.90. The van der Waals surface area contributed by atoms with Gasteiger partial charge in [-0.25, -0.2) is 0 Å². The zero-order valence-corrected chi connectivity index (χ0v) is 12.3. The van der Waals surface area contributed by atoms with Gasteiger partial charge >= 0.3 is 0 Å². The van der Waals surface area contributed by atoms with Gasteiger partial charge in [0.15, 0.2) is 0 Å². The molecule has 1 aromatic rings. The van der Waals surface area contributed by atoms with Crippen LogP contribution in [-0.2, 0) is 6.61 Å². The highest BCUT2D eigenvalue weighted by atomic mass is 16.5. The third-order valence-corrected chi connectivity index (χ3v) is 3.85. The topological polar surface area (TPSA) is 61.7 Å². The molecular formula is C16H25NO3. The van der Waals surface area contributed by atoms with Crippen molar-refractivity contribution < 1.29 is 14.9 Å². The average Bonchev–Trinajstić information content (AvgIpc) is 3.28. The Labute approximate surface area is 120 Å². The molecule has 2 rings (SSSR count). The molecule has 0 spiro atoms. The number of benzene rings is 1. The zero-order chi connectivity index (χ0) is 14.6. The smallest absolute Gasteiger partial charge is 0.124 e. The maximum atomic E-state index is 9.85. The second-order valence-corrected chi connectivity index (χ2v) is 5.94. The first kappa shape index (κ1) is 15.3. The van der Waals surface area contributed by atoms with E-state index < -0.39 is 0 Å². The summed E-state index contributed by atoms with van der Waals surface area (Å²) in [6.45, 7) is 4.60. The SMILES string of the molecule is CC(C)NC(CO)(COc1ccccc1CO)C1CC1. The van der Waals surface area contributed by atoms with Crippen LogP contribution < -0.4 is 10.1 Å². The Hall–Kier alpha value is -1.10. The molecular weight excluding hydrogens is 254 g/mol. The van der Waals surface area contributed by atoms with Gasteiger partial charge in [-0.3, -0.25) is 0 Å². The van der Waals surface area contributed by atoms with Crippen LogP contribution >= 0.6 is 0 Å². The van der Waals surface area contributed by atoms with Crippen LogP contribution in [-0.4, -0.2) is 35.0 Å². The molecule has 0 saturated heterocycles. The Morgan fingerprint density at radius 3 is 2.55 bits per heavy atom. The van der Waals surface area contributed by atoms with Gasteiger partial charge in [0.25, 0.3) is 0 Å². The standard InChI is InChI=1S/C16H25NO3/c1-12(2)17-16(10-19,14-7-8-14)11-20-15-6-4-3-5-13(15)9-18/h3-6,12,14,17-19H,7-11H2,1-2H3. The maximum Gasteiger partial charge on any atom is 0.124 e. The molecule has 1 atom stereocenters. The van der Waals surface area contributed by atoms with E-state index in [1.54, 1.807) is 0 Å². The van der Waals surface area contributed by atoms with E-state index in [9.17, 15) is 10.2 Å². The first-order chi connectivity index (χ1) is 9.61. The number of para-hydroxylation sites is 1. The lowest BCUT2D eigenvalue weighted by Crippen LogP contribution is -2.57. The highest BCUT2D eigenvalue weighted by Crippen LogP contribution is 2.40. The van der Waals surface area contributed by atoms with E-state index in [2.05, 4.69) is 19.2 Å². The number of hydrogen-bond acceptors (Lipinski definition) is 4. The molecule has 3 N–H and O–H groups in total. The molecule has 0 bridgehead atoms. The molecule has 1 fully saturated rings. The van der Waals surface area contributed by atoms with E-state index in [-0.39, 0.29) is 18.8 Å². The predicted molar refractivity (Wildman–Crippen MR) is 78.7 cm³/mol. The highest BCUT2D eigenvalue weighted by Gasteiger charge is 2.45. The molecule has 0 aliphatic heterocycles. The predicted octanol–water partition coefficient (Wildman–Crippen LogP) is 1.70. The minimum absolute atomic E-state index is 0.0384. The van der Waals surface area contributed by atoms with Gasteiger partial charge in [-0.2, -0.15) is 0 Å². The van der Waals surface area contributed by atoms with Crippen LogP contribution in [0.25, 0.3) is 0 Å². The quantitative estimate of drug-likeness (QED) is 0.678. The molecule has 20 heavy (non-hydrogen) atoms.